The van der Waals surface area contributed by atoms with E-state index >= 15 is 0 Å². The summed E-state index contributed by atoms with van der Waals surface area (Å²) in [6, 6.07) is 15.5. The van der Waals surface area contributed by atoms with E-state index in [0.29, 0.717) is 17.0 Å². The third kappa shape index (κ3) is 3.64. The van der Waals surface area contributed by atoms with Crippen LogP contribution in [0.1, 0.15) is 37.8 Å². The van der Waals surface area contributed by atoms with Gasteiger partial charge in [0.25, 0.3) is 0 Å². The van der Waals surface area contributed by atoms with E-state index in [1.165, 1.54) is 15.4 Å². The van der Waals surface area contributed by atoms with Crippen molar-refractivity contribution in [2.45, 2.75) is 38.8 Å². The van der Waals surface area contributed by atoms with Crippen LogP contribution < -0.4 is 16.1 Å². The molecule has 2 aliphatic carbocycles. The molecule has 1 saturated carbocycles. The standard InChI is InChI=1S/C30H29N3O6/c1-18-16-25(35)23-17-24-22(12-13-31-28(37)32(29(38)33(24)31)20-6-4-3-5-7-20)26(30(23,2)27(18)36)19-8-10-21(11-9-19)39-15-14-34/h3-12,16,23-24,26,34H,13-15,17H2,1-2H3/t23-,24+,26-,30+/m0/s1. The number of ether oxygens (including phenoxy) is 1. The molecular weight excluding hydrogens is 498 g/mol. The lowest BCUT2D eigenvalue weighted by molar-refractivity contribution is -0.139. The summed E-state index contributed by atoms with van der Waals surface area (Å²) in [6.07, 6.45) is 3.59. The van der Waals surface area contributed by atoms with Crippen molar-refractivity contribution in [1.82, 2.24) is 13.9 Å². The molecule has 39 heavy (non-hydrogen) atoms. The van der Waals surface area contributed by atoms with Crippen LogP contribution in [0.5, 0.6) is 5.75 Å². The monoisotopic (exact) mass is 527 g/mol. The Hall–Kier alpha value is -4.24. The van der Waals surface area contributed by atoms with Crippen LogP contribution in [0, 0.1) is 11.3 Å². The number of ketones is 2. The summed E-state index contributed by atoms with van der Waals surface area (Å²) in [4.78, 5) is 54.5. The van der Waals surface area contributed by atoms with Gasteiger partial charge in [0, 0.05) is 11.8 Å². The number of aliphatic hydroxyl groups excluding tert-OH is 1. The molecule has 3 aromatic rings. The van der Waals surface area contributed by atoms with Crippen LogP contribution in [0.4, 0.5) is 0 Å². The molecule has 1 aromatic heterocycles. The van der Waals surface area contributed by atoms with Crippen molar-refractivity contribution in [2.75, 3.05) is 13.2 Å². The molecule has 1 aliphatic heterocycles. The van der Waals surface area contributed by atoms with E-state index < -0.39 is 34.7 Å². The SMILES string of the molecule is CC1=CC(=O)[C@@H]2C[C@@H]3C(=CCn4c(=O)n(-c5ccccc5)c(=O)n43)[C@H](c3ccc(OCCO)cc3)[C@]2(C)C1=O. The molecule has 0 spiro atoms. The number of carbonyl (C=O) groups is 2. The second-order valence-electron chi connectivity index (χ2n) is 10.6. The third-order valence-corrected chi connectivity index (χ3v) is 8.49. The highest BCUT2D eigenvalue weighted by Gasteiger charge is 2.59. The molecule has 0 bridgehead atoms. The van der Waals surface area contributed by atoms with Crippen molar-refractivity contribution < 1.29 is 19.4 Å². The molecule has 6 rings (SSSR count). The Kier molecular flexibility index (Phi) is 5.91. The molecule has 9 heteroatoms. The molecule has 2 aromatic carbocycles. The van der Waals surface area contributed by atoms with Crippen LogP contribution in [0.25, 0.3) is 5.69 Å². The van der Waals surface area contributed by atoms with Crippen molar-refractivity contribution >= 4 is 11.6 Å². The van der Waals surface area contributed by atoms with Gasteiger partial charge in [0.2, 0.25) is 0 Å². The minimum atomic E-state index is -1.06. The maximum Gasteiger partial charge on any atom is 0.352 e. The number of rotatable bonds is 5. The number of aliphatic hydroxyl groups is 1. The highest BCUT2D eigenvalue weighted by Crippen LogP contribution is 2.59. The average Bonchev–Trinajstić information content (AvgIpc) is 3.20. The van der Waals surface area contributed by atoms with Crippen LogP contribution in [-0.4, -0.2) is 43.8 Å². The van der Waals surface area contributed by atoms with E-state index in [0.717, 1.165) is 15.7 Å². The number of fused-ring (bicyclic) bond motifs is 4. The second-order valence-corrected chi connectivity index (χ2v) is 10.6. The highest BCUT2D eigenvalue weighted by molar-refractivity contribution is 6.13. The van der Waals surface area contributed by atoms with E-state index in [2.05, 4.69) is 0 Å². The molecular formula is C30H29N3O6. The number of nitrogens with zero attached hydrogens (tertiary/aromatic N) is 3. The van der Waals surface area contributed by atoms with Crippen LogP contribution in [0.3, 0.4) is 0 Å². The summed E-state index contributed by atoms with van der Waals surface area (Å²) >= 11 is 0. The molecule has 0 amide bonds. The molecule has 1 fully saturated rings. The van der Waals surface area contributed by atoms with Gasteiger partial charge in [0.15, 0.2) is 11.6 Å². The molecule has 0 unspecified atom stereocenters. The summed E-state index contributed by atoms with van der Waals surface area (Å²) in [6.45, 7) is 3.75. The Balaban J connectivity index is 1.53. The molecule has 9 nitrogen and oxygen atoms in total. The van der Waals surface area contributed by atoms with Crippen LogP contribution >= 0.6 is 0 Å². The molecule has 1 N–H and O–H groups in total. The van der Waals surface area contributed by atoms with Crippen LogP contribution in [0.2, 0.25) is 0 Å². The Morgan fingerprint density at radius 1 is 1.00 bits per heavy atom. The van der Waals surface area contributed by atoms with Gasteiger partial charge in [-0.25, -0.2) is 23.5 Å². The van der Waals surface area contributed by atoms with Crippen molar-refractivity contribution in [2.24, 2.45) is 11.3 Å². The highest BCUT2D eigenvalue weighted by atomic mass is 16.5. The Morgan fingerprint density at radius 2 is 1.72 bits per heavy atom. The van der Waals surface area contributed by atoms with E-state index in [1.807, 2.05) is 31.2 Å². The fourth-order valence-corrected chi connectivity index (χ4v) is 6.76. The van der Waals surface area contributed by atoms with Gasteiger partial charge in [-0.3, -0.25) is 9.59 Å². The Morgan fingerprint density at radius 3 is 2.41 bits per heavy atom. The Labute approximate surface area is 224 Å². The first-order valence-electron chi connectivity index (χ1n) is 13.1. The third-order valence-electron chi connectivity index (χ3n) is 8.49. The first kappa shape index (κ1) is 25.1. The van der Waals surface area contributed by atoms with Gasteiger partial charge < -0.3 is 9.84 Å². The molecule has 200 valence electrons. The maximum atomic E-state index is 13.8. The van der Waals surface area contributed by atoms with Gasteiger partial charge in [-0.15, -0.1) is 0 Å². The smallest absolute Gasteiger partial charge is 0.352 e. The number of Topliss-reactive ketones (excluding diaryl/α,β-unsaturated/α-hetero) is 1. The number of benzene rings is 2. The molecule has 2 heterocycles. The topological polar surface area (TPSA) is 113 Å². The second kappa shape index (κ2) is 9.20. The van der Waals surface area contributed by atoms with Crippen LogP contribution in [0.15, 0.2) is 87.5 Å². The van der Waals surface area contributed by atoms with Crippen molar-refractivity contribution in [3.63, 3.8) is 0 Å². The first-order valence-corrected chi connectivity index (χ1v) is 13.1. The lowest BCUT2D eigenvalue weighted by Crippen LogP contribution is -2.54. The minimum Gasteiger partial charge on any atom is -0.491 e. The lowest BCUT2D eigenvalue weighted by atomic mass is 9.51. The summed E-state index contributed by atoms with van der Waals surface area (Å²) in [5.41, 5.74) is 0.585. The number of aromatic nitrogens is 3. The van der Waals surface area contributed by atoms with Gasteiger partial charge in [0.05, 0.1) is 30.3 Å². The van der Waals surface area contributed by atoms with Gasteiger partial charge in [0.1, 0.15) is 12.4 Å². The van der Waals surface area contributed by atoms with Crippen molar-refractivity contribution in [3.05, 3.63) is 104 Å². The van der Waals surface area contributed by atoms with E-state index in [-0.39, 0.29) is 37.7 Å². The summed E-state index contributed by atoms with van der Waals surface area (Å²) in [5.74, 6) is -0.818. The zero-order chi connectivity index (χ0) is 27.5. The number of carbonyl (C=O) groups excluding carboxylic acids is 2. The average molecular weight is 528 g/mol. The fourth-order valence-electron chi connectivity index (χ4n) is 6.76. The number of hydrogen-bond acceptors (Lipinski definition) is 6. The molecule has 0 radical (unpaired) electrons. The first-order chi connectivity index (χ1) is 18.8. The summed E-state index contributed by atoms with van der Waals surface area (Å²) in [7, 11) is 0. The zero-order valence-corrected chi connectivity index (χ0v) is 21.7. The minimum absolute atomic E-state index is 0.0887. The van der Waals surface area contributed by atoms with E-state index in [4.69, 9.17) is 9.84 Å². The van der Waals surface area contributed by atoms with Gasteiger partial charge in [-0.1, -0.05) is 43.3 Å². The van der Waals surface area contributed by atoms with Crippen molar-refractivity contribution in [3.8, 4) is 11.4 Å². The lowest BCUT2D eigenvalue weighted by Gasteiger charge is -2.52. The number of hydrogen-bond donors (Lipinski definition) is 1. The number of allylic oxidation sites excluding steroid dienone is 4. The van der Waals surface area contributed by atoms with Gasteiger partial charge in [-0.2, -0.15) is 0 Å². The summed E-state index contributed by atoms with van der Waals surface area (Å²) in [5, 5.41) is 9.09. The molecule has 4 atom stereocenters. The van der Waals surface area contributed by atoms with Gasteiger partial charge in [-0.05, 0) is 60.4 Å². The normalized spacial score (nSPS) is 25.8. The summed E-state index contributed by atoms with van der Waals surface area (Å²) < 4.78 is 9.58. The van der Waals surface area contributed by atoms with E-state index in [1.54, 1.807) is 43.3 Å². The predicted molar refractivity (Wildman–Crippen MR) is 143 cm³/mol. The molecule has 3 aliphatic rings. The largest absolute Gasteiger partial charge is 0.491 e. The fraction of sp³-hybridized carbons (Fsp3) is 0.333. The predicted octanol–water partition coefficient (Wildman–Crippen LogP) is 2.56. The maximum absolute atomic E-state index is 13.8. The quantitative estimate of drug-likeness (QED) is 0.511. The zero-order valence-electron chi connectivity index (χ0n) is 21.7. The Bertz CT molecular complexity index is 1660. The van der Waals surface area contributed by atoms with Crippen molar-refractivity contribution in [1.29, 1.82) is 0 Å². The number of para-hydroxylation sites is 1. The van der Waals surface area contributed by atoms with Crippen LogP contribution in [-0.2, 0) is 16.1 Å². The van der Waals surface area contributed by atoms with Gasteiger partial charge >= 0.3 is 11.4 Å². The molecule has 0 saturated heterocycles. The van der Waals surface area contributed by atoms with E-state index in [9.17, 15) is 19.2 Å².